The number of fused-ring (bicyclic) bond motifs is 2. The van der Waals surface area contributed by atoms with Gasteiger partial charge in [-0.25, -0.2) is 0 Å². The molecule has 0 saturated carbocycles. The molecule has 0 atom stereocenters. The summed E-state index contributed by atoms with van der Waals surface area (Å²) in [6.45, 7) is 0. The summed E-state index contributed by atoms with van der Waals surface area (Å²) in [6.07, 6.45) is 0.869. The number of halogens is 1. The first-order valence-electron chi connectivity index (χ1n) is 7.48. The van der Waals surface area contributed by atoms with Crippen LogP contribution in [0.3, 0.4) is 0 Å². The van der Waals surface area contributed by atoms with E-state index < -0.39 is 0 Å². The Bertz CT molecular complexity index is 970. The number of benzene rings is 3. The minimum Gasteiger partial charge on any atom is -0.496 e. The van der Waals surface area contributed by atoms with Crippen molar-refractivity contribution >= 4 is 48.1 Å². The summed E-state index contributed by atoms with van der Waals surface area (Å²) in [5.41, 5.74) is 1.21. The van der Waals surface area contributed by atoms with Gasteiger partial charge < -0.3 is 4.74 Å². The van der Waals surface area contributed by atoms with Crippen molar-refractivity contribution in [1.82, 2.24) is 0 Å². The average Bonchev–Trinajstić information content (AvgIpc) is 2.98. The fraction of sp³-hybridized carbons (Fsp3) is 0.100. The van der Waals surface area contributed by atoms with Gasteiger partial charge in [-0.15, -0.1) is 11.3 Å². The standard InChI is InChI=1S/C20H15BrOS/c1-22-20-16-8-4-2-6-13(16)11-18(21)17(20)12-15-10-14-7-3-5-9-19(14)23-15/h2-11H,12H2,1H3. The summed E-state index contributed by atoms with van der Waals surface area (Å²) >= 11 is 5.58. The molecule has 0 N–H and O–H groups in total. The molecule has 0 bridgehead atoms. The summed E-state index contributed by atoms with van der Waals surface area (Å²) in [5.74, 6) is 0.965. The predicted octanol–water partition coefficient (Wildman–Crippen LogP) is 6.42. The maximum Gasteiger partial charge on any atom is 0.131 e. The average molecular weight is 383 g/mol. The highest BCUT2D eigenvalue weighted by Crippen LogP contribution is 2.38. The van der Waals surface area contributed by atoms with Crippen molar-refractivity contribution in [2.24, 2.45) is 0 Å². The first-order chi connectivity index (χ1) is 11.3. The molecule has 0 unspecified atom stereocenters. The van der Waals surface area contributed by atoms with Gasteiger partial charge in [0.2, 0.25) is 0 Å². The summed E-state index contributed by atoms with van der Waals surface area (Å²) in [6, 6.07) is 21.3. The van der Waals surface area contributed by atoms with Gasteiger partial charge in [-0.1, -0.05) is 58.4 Å². The van der Waals surface area contributed by atoms with Crippen molar-refractivity contribution in [1.29, 1.82) is 0 Å². The predicted molar refractivity (Wildman–Crippen MR) is 103 cm³/mol. The molecule has 0 aliphatic heterocycles. The molecule has 4 aromatic rings. The maximum atomic E-state index is 5.76. The van der Waals surface area contributed by atoms with E-state index in [1.165, 1.54) is 25.9 Å². The molecule has 1 heterocycles. The van der Waals surface area contributed by atoms with Crippen LogP contribution in [-0.2, 0) is 6.42 Å². The van der Waals surface area contributed by atoms with Gasteiger partial charge in [-0.2, -0.15) is 0 Å². The second kappa shape index (κ2) is 5.99. The Kier molecular flexibility index (Phi) is 3.83. The van der Waals surface area contributed by atoms with Gasteiger partial charge >= 0.3 is 0 Å². The highest BCUT2D eigenvalue weighted by atomic mass is 79.9. The van der Waals surface area contributed by atoms with E-state index in [9.17, 15) is 0 Å². The Balaban J connectivity index is 1.86. The molecule has 0 amide bonds. The van der Waals surface area contributed by atoms with Crippen molar-refractivity contribution in [2.45, 2.75) is 6.42 Å². The van der Waals surface area contributed by atoms with Crippen LogP contribution in [-0.4, -0.2) is 7.11 Å². The lowest BCUT2D eigenvalue weighted by molar-refractivity contribution is 0.415. The van der Waals surface area contributed by atoms with E-state index in [1.807, 2.05) is 11.3 Å². The van der Waals surface area contributed by atoms with Gasteiger partial charge in [-0.05, 0) is 29.0 Å². The molecule has 1 nitrogen and oxygen atoms in total. The van der Waals surface area contributed by atoms with Gasteiger partial charge in [-0.3, -0.25) is 0 Å². The number of rotatable bonds is 3. The molecule has 0 aliphatic rings. The molecule has 23 heavy (non-hydrogen) atoms. The smallest absolute Gasteiger partial charge is 0.131 e. The van der Waals surface area contributed by atoms with E-state index in [4.69, 9.17) is 4.74 Å². The van der Waals surface area contributed by atoms with Crippen LogP contribution >= 0.6 is 27.3 Å². The van der Waals surface area contributed by atoms with E-state index >= 15 is 0 Å². The zero-order valence-electron chi connectivity index (χ0n) is 12.7. The monoisotopic (exact) mass is 382 g/mol. The molecule has 3 aromatic carbocycles. The van der Waals surface area contributed by atoms with E-state index in [-0.39, 0.29) is 0 Å². The second-order valence-corrected chi connectivity index (χ2v) is 7.54. The number of hydrogen-bond acceptors (Lipinski definition) is 2. The van der Waals surface area contributed by atoms with Crippen molar-refractivity contribution in [3.05, 3.63) is 75.6 Å². The van der Waals surface area contributed by atoms with Gasteiger partial charge in [0.25, 0.3) is 0 Å². The Hall–Kier alpha value is -1.84. The quantitative estimate of drug-likeness (QED) is 0.397. The minimum atomic E-state index is 0.869. The summed E-state index contributed by atoms with van der Waals surface area (Å²) in [5, 5.41) is 3.66. The molecule has 1 aromatic heterocycles. The van der Waals surface area contributed by atoms with Crippen molar-refractivity contribution in [2.75, 3.05) is 7.11 Å². The Morgan fingerprint density at radius 1 is 0.957 bits per heavy atom. The lowest BCUT2D eigenvalue weighted by Crippen LogP contribution is -1.95. The van der Waals surface area contributed by atoms with Crippen LogP contribution in [0.1, 0.15) is 10.4 Å². The van der Waals surface area contributed by atoms with Gasteiger partial charge in [0.15, 0.2) is 0 Å². The van der Waals surface area contributed by atoms with Crippen molar-refractivity contribution in [3.8, 4) is 5.75 Å². The summed E-state index contributed by atoms with van der Waals surface area (Å²) < 4.78 is 8.19. The van der Waals surface area contributed by atoms with Crippen LogP contribution in [0, 0.1) is 0 Å². The van der Waals surface area contributed by atoms with Crippen LogP contribution < -0.4 is 4.74 Å². The lowest BCUT2D eigenvalue weighted by Gasteiger charge is -2.13. The third-order valence-electron chi connectivity index (χ3n) is 4.08. The van der Waals surface area contributed by atoms with Crippen molar-refractivity contribution in [3.63, 3.8) is 0 Å². The van der Waals surface area contributed by atoms with E-state index in [1.54, 1.807) is 7.11 Å². The number of hydrogen-bond donors (Lipinski definition) is 0. The molecule has 0 fully saturated rings. The maximum absolute atomic E-state index is 5.76. The minimum absolute atomic E-state index is 0.869. The Morgan fingerprint density at radius 3 is 2.48 bits per heavy atom. The second-order valence-electron chi connectivity index (χ2n) is 5.52. The molecule has 0 radical (unpaired) electrons. The summed E-state index contributed by atoms with van der Waals surface area (Å²) in [4.78, 5) is 1.35. The van der Waals surface area contributed by atoms with E-state index in [0.29, 0.717) is 0 Å². The Morgan fingerprint density at radius 2 is 1.70 bits per heavy atom. The lowest BCUT2D eigenvalue weighted by atomic mass is 10.0. The first-order valence-corrected chi connectivity index (χ1v) is 9.09. The molecule has 0 aliphatic carbocycles. The SMILES string of the molecule is COc1c(Cc2cc3ccccc3s2)c(Br)cc2ccccc12. The topological polar surface area (TPSA) is 9.23 Å². The first kappa shape index (κ1) is 14.7. The highest BCUT2D eigenvalue weighted by molar-refractivity contribution is 9.10. The normalized spacial score (nSPS) is 11.2. The summed E-state index contributed by atoms with van der Waals surface area (Å²) in [7, 11) is 1.75. The van der Waals surface area contributed by atoms with Crippen LogP contribution in [0.25, 0.3) is 20.9 Å². The molecule has 3 heteroatoms. The van der Waals surface area contributed by atoms with Gasteiger partial charge in [0, 0.05) is 31.4 Å². The zero-order valence-corrected chi connectivity index (χ0v) is 15.1. The van der Waals surface area contributed by atoms with E-state index in [0.717, 1.165) is 22.0 Å². The van der Waals surface area contributed by atoms with Crippen LogP contribution in [0.15, 0.2) is 65.1 Å². The fourth-order valence-electron chi connectivity index (χ4n) is 3.02. The van der Waals surface area contributed by atoms with Crippen LogP contribution in [0.2, 0.25) is 0 Å². The molecular formula is C20H15BrOS. The number of methoxy groups -OCH3 is 1. The molecule has 0 spiro atoms. The van der Waals surface area contributed by atoms with Crippen LogP contribution in [0.4, 0.5) is 0 Å². The Labute approximate surface area is 147 Å². The third kappa shape index (κ3) is 2.64. The zero-order chi connectivity index (χ0) is 15.8. The molecule has 4 rings (SSSR count). The largest absolute Gasteiger partial charge is 0.496 e. The molecule has 114 valence electrons. The third-order valence-corrected chi connectivity index (χ3v) is 5.91. The number of ether oxygens (including phenoxy) is 1. The highest BCUT2D eigenvalue weighted by Gasteiger charge is 2.14. The number of thiophene rings is 1. The molecular weight excluding hydrogens is 368 g/mol. The van der Waals surface area contributed by atoms with Gasteiger partial charge in [0.05, 0.1) is 7.11 Å². The van der Waals surface area contributed by atoms with Crippen molar-refractivity contribution < 1.29 is 4.74 Å². The molecule has 0 saturated heterocycles. The fourth-order valence-corrected chi connectivity index (χ4v) is 4.66. The van der Waals surface area contributed by atoms with Gasteiger partial charge in [0.1, 0.15) is 5.75 Å². The van der Waals surface area contributed by atoms with Crippen LogP contribution in [0.5, 0.6) is 5.75 Å². The van der Waals surface area contributed by atoms with E-state index in [2.05, 4.69) is 76.6 Å².